The molecule has 0 bridgehead atoms. The highest BCUT2D eigenvalue weighted by atomic mass is 35.5. The molecule has 0 unspecified atom stereocenters. The van der Waals surface area contributed by atoms with E-state index in [0.29, 0.717) is 35.1 Å². The van der Waals surface area contributed by atoms with Crippen molar-refractivity contribution in [2.75, 3.05) is 13.1 Å². The summed E-state index contributed by atoms with van der Waals surface area (Å²) < 4.78 is 0. The van der Waals surface area contributed by atoms with Crippen molar-refractivity contribution >= 4 is 35.0 Å². The number of amides is 2. The zero-order valence-electron chi connectivity index (χ0n) is 18.6. The van der Waals surface area contributed by atoms with Gasteiger partial charge in [0.2, 0.25) is 5.91 Å². The van der Waals surface area contributed by atoms with Crippen LogP contribution in [0.1, 0.15) is 49.0 Å². The molecule has 1 saturated heterocycles. The lowest BCUT2D eigenvalue weighted by atomic mass is 9.66. The van der Waals surface area contributed by atoms with Gasteiger partial charge in [-0.25, -0.2) is 0 Å². The third-order valence-corrected chi connectivity index (χ3v) is 6.84. The van der Waals surface area contributed by atoms with Gasteiger partial charge < -0.3 is 15.3 Å². The van der Waals surface area contributed by atoms with E-state index >= 15 is 0 Å². The summed E-state index contributed by atoms with van der Waals surface area (Å²) in [7, 11) is 0. The average Bonchev–Trinajstić information content (AvgIpc) is 2.78. The van der Waals surface area contributed by atoms with Crippen LogP contribution in [0.3, 0.4) is 0 Å². The lowest BCUT2D eigenvalue weighted by molar-refractivity contribution is -0.154. The number of halogens is 2. The fraction of sp³-hybridized carbons (Fsp3) is 0.400. The molecule has 1 heterocycles. The number of nitrogens with zero attached hydrogens (tertiary/aromatic N) is 2. The zero-order valence-corrected chi connectivity index (χ0v) is 20.2. The Morgan fingerprint density at radius 1 is 1.12 bits per heavy atom. The normalized spacial score (nSPS) is 20.5. The molecule has 174 valence electrons. The van der Waals surface area contributed by atoms with E-state index in [9.17, 15) is 14.7 Å². The third kappa shape index (κ3) is 5.50. The van der Waals surface area contributed by atoms with E-state index in [4.69, 9.17) is 28.5 Å². The van der Waals surface area contributed by atoms with Crippen molar-refractivity contribution in [2.45, 2.75) is 44.8 Å². The highest BCUT2D eigenvalue weighted by Crippen LogP contribution is 2.46. The highest BCUT2D eigenvalue weighted by Gasteiger charge is 2.50. The fourth-order valence-corrected chi connectivity index (χ4v) is 4.55. The summed E-state index contributed by atoms with van der Waals surface area (Å²) in [6.07, 6.45) is 0.666. The summed E-state index contributed by atoms with van der Waals surface area (Å²) >= 11 is 11.9. The summed E-state index contributed by atoms with van der Waals surface area (Å²) in [4.78, 5) is 27.7. The SMILES string of the molecule is CC1(C)CN(C(=O)[C@@H](CCC#N)NC(=O)c2ccc(Cl)cc2)CC[C@]1(O)c1ccc(Cl)cc1. The Bertz CT molecular complexity index is 1050. The van der Waals surface area contributed by atoms with Crippen LogP contribution in [0.25, 0.3) is 0 Å². The van der Waals surface area contributed by atoms with Gasteiger partial charge in [0.15, 0.2) is 0 Å². The van der Waals surface area contributed by atoms with Crippen LogP contribution < -0.4 is 5.32 Å². The first kappa shape index (κ1) is 25.0. The molecule has 2 atom stereocenters. The molecule has 6 nitrogen and oxygen atoms in total. The Hall–Kier alpha value is -2.59. The summed E-state index contributed by atoms with van der Waals surface area (Å²) in [6.45, 7) is 4.45. The van der Waals surface area contributed by atoms with Gasteiger partial charge in [-0.2, -0.15) is 5.26 Å². The number of likely N-dealkylation sites (tertiary alicyclic amines) is 1. The maximum absolute atomic E-state index is 13.4. The second kappa shape index (κ2) is 10.1. The number of carbonyl (C=O) groups excluding carboxylic acids is 2. The van der Waals surface area contributed by atoms with Crippen molar-refractivity contribution in [2.24, 2.45) is 5.41 Å². The Kier molecular flexibility index (Phi) is 7.69. The largest absolute Gasteiger partial charge is 0.384 e. The molecule has 1 aliphatic heterocycles. The summed E-state index contributed by atoms with van der Waals surface area (Å²) in [5.41, 5.74) is -0.663. The number of nitriles is 1. The summed E-state index contributed by atoms with van der Waals surface area (Å²) in [6, 6.07) is 14.7. The van der Waals surface area contributed by atoms with E-state index in [2.05, 4.69) is 5.32 Å². The minimum Gasteiger partial charge on any atom is -0.384 e. The van der Waals surface area contributed by atoms with Crippen molar-refractivity contribution < 1.29 is 14.7 Å². The van der Waals surface area contributed by atoms with E-state index in [1.165, 1.54) is 0 Å². The number of hydrogen-bond donors (Lipinski definition) is 2. The Labute approximate surface area is 204 Å². The smallest absolute Gasteiger partial charge is 0.251 e. The van der Waals surface area contributed by atoms with E-state index < -0.39 is 23.0 Å². The number of rotatable bonds is 6. The molecular weight excluding hydrogens is 461 g/mol. The second-order valence-corrected chi connectivity index (χ2v) is 9.86. The molecule has 1 aliphatic rings. The minimum absolute atomic E-state index is 0.128. The maximum atomic E-state index is 13.4. The molecule has 2 aromatic carbocycles. The summed E-state index contributed by atoms with van der Waals surface area (Å²) in [5, 5.41) is 24.5. The van der Waals surface area contributed by atoms with Gasteiger partial charge in [0.25, 0.3) is 5.91 Å². The Balaban J connectivity index is 1.77. The molecule has 8 heteroatoms. The van der Waals surface area contributed by atoms with Crippen LogP contribution in [0.4, 0.5) is 0 Å². The van der Waals surface area contributed by atoms with E-state index in [1.54, 1.807) is 41.3 Å². The molecular formula is C25H27Cl2N3O3. The van der Waals surface area contributed by atoms with Crippen LogP contribution in [0.2, 0.25) is 10.0 Å². The minimum atomic E-state index is -1.14. The van der Waals surface area contributed by atoms with Crippen molar-refractivity contribution in [3.05, 3.63) is 69.7 Å². The van der Waals surface area contributed by atoms with Gasteiger partial charge >= 0.3 is 0 Å². The van der Waals surface area contributed by atoms with Gasteiger partial charge in [0.05, 0.1) is 11.7 Å². The molecule has 0 radical (unpaired) electrons. The van der Waals surface area contributed by atoms with Gasteiger partial charge in [0.1, 0.15) is 6.04 Å². The molecule has 0 saturated carbocycles. The molecule has 3 rings (SSSR count). The Morgan fingerprint density at radius 2 is 1.70 bits per heavy atom. The van der Waals surface area contributed by atoms with Crippen molar-refractivity contribution in [3.63, 3.8) is 0 Å². The quantitative estimate of drug-likeness (QED) is 0.625. The highest BCUT2D eigenvalue weighted by molar-refractivity contribution is 6.30. The number of aliphatic hydroxyl groups is 1. The molecule has 0 spiro atoms. The molecule has 2 aromatic rings. The first-order valence-corrected chi connectivity index (χ1v) is 11.5. The number of piperidine rings is 1. The van der Waals surface area contributed by atoms with Crippen LogP contribution in [0.15, 0.2) is 48.5 Å². The van der Waals surface area contributed by atoms with Gasteiger partial charge in [-0.1, -0.05) is 49.2 Å². The average molecular weight is 488 g/mol. The van der Waals surface area contributed by atoms with Crippen LogP contribution in [-0.4, -0.2) is 41.0 Å². The van der Waals surface area contributed by atoms with E-state index in [0.717, 1.165) is 5.56 Å². The van der Waals surface area contributed by atoms with Gasteiger partial charge in [-0.05, 0) is 54.8 Å². The van der Waals surface area contributed by atoms with Gasteiger partial charge in [-0.15, -0.1) is 0 Å². The number of nitrogens with one attached hydrogen (secondary N) is 1. The predicted octanol–water partition coefficient (Wildman–Crippen LogP) is 4.54. The standard InChI is InChI=1S/C25H27Cl2N3O3/c1-24(2)16-30(15-13-25(24,33)18-7-11-20(27)12-8-18)23(32)21(4-3-14-28)29-22(31)17-5-9-19(26)10-6-17/h5-12,21,33H,3-4,13,15-16H2,1-2H3,(H,29,31)/t21-,25+/m1/s1. The number of hydrogen-bond acceptors (Lipinski definition) is 4. The van der Waals surface area contributed by atoms with Crippen LogP contribution in [0, 0.1) is 16.7 Å². The first-order valence-electron chi connectivity index (χ1n) is 10.8. The van der Waals surface area contributed by atoms with Crippen molar-refractivity contribution in [1.29, 1.82) is 5.26 Å². The predicted molar refractivity (Wildman–Crippen MR) is 128 cm³/mol. The van der Waals surface area contributed by atoms with Gasteiger partial charge in [-0.3, -0.25) is 9.59 Å². The lowest BCUT2D eigenvalue weighted by Crippen LogP contribution is -2.59. The lowest BCUT2D eigenvalue weighted by Gasteiger charge is -2.51. The van der Waals surface area contributed by atoms with E-state index in [-0.39, 0.29) is 18.7 Å². The van der Waals surface area contributed by atoms with Crippen molar-refractivity contribution in [1.82, 2.24) is 10.2 Å². The van der Waals surface area contributed by atoms with Gasteiger partial charge in [0, 0.05) is 40.5 Å². The molecule has 1 fully saturated rings. The second-order valence-electron chi connectivity index (χ2n) is 8.99. The van der Waals surface area contributed by atoms with Crippen LogP contribution in [0.5, 0.6) is 0 Å². The third-order valence-electron chi connectivity index (χ3n) is 6.34. The number of benzene rings is 2. The molecule has 2 amide bonds. The zero-order chi connectivity index (χ0) is 24.2. The van der Waals surface area contributed by atoms with E-state index in [1.807, 2.05) is 32.0 Å². The molecule has 0 aromatic heterocycles. The monoisotopic (exact) mass is 487 g/mol. The fourth-order valence-electron chi connectivity index (χ4n) is 4.30. The molecule has 33 heavy (non-hydrogen) atoms. The number of carbonyl (C=O) groups is 2. The Morgan fingerprint density at radius 3 is 2.24 bits per heavy atom. The topological polar surface area (TPSA) is 93.4 Å². The summed E-state index contributed by atoms with van der Waals surface area (Å²) in [5.74, 6) is -0.671. The maximum Gasteiger partial charge on any atom is 0.251 e. The van der Waals surface area contributed by atoms with Crippen LogP contribution in [-0.2, 0) is 10.4 Å². The molecule has 0 aliphatic carbocycles. The van der Waals surface area contributed by atoms with Crippen LogP contribution >= 0.6 is 23.2 Å². The first-order chi connectivity index (χ1) is 15.6. The molecule has 2 N–H and O–H groups in total. The van der Waals surface area contributed by atoms with Crippen molar-refractivity contribution in [3.8, 4) is 6.07 Å².